The van der Waals surface area contributed by atoms with E-state index in [9.17, 15) is 10.0 Å². The van der Waals surface area contributed by atoms with Crippen molar-refractivity contribution in [1.82, 2.24) is 9.63 Å². The van der Waals surface area contributed by atoms with Gasteiger partial charge in [0.05, 0.1) is 11.6 Å². The minimum atomic E-state index is -0.545. The summed E-state index contributed by atoms with van der Waals surface area (Å²) in [4.78, 5) is 12.4. The predicted octanol–water partition coefficient (Wildman–Crippen LogP) is 4.76. The number of hydrogen-bond acceptors (Lipinski definition) is 4. The Balaban J connectivity index is 1.72. The fraction of sp³-hybridized carbons (Fsp3) is 0.318. The first-order valence-electron chi connectivity index (χ1n) is 9.21. The summed E-state index contributed by atoms with van der Waals surface area (Å²) in [6.07, 6.45) is 2.17. The molecule has 0 bridgehead atoms. The van der Waals surface area contributed by atoms with Gasteiger partial charge in [0, 0.05) is 18.1 Å². The van der Waals surface area contributed by atoms with Crippen LogP contribution >= 0.6 is 0 Å². The van der Waals surface area contributed by atoms with E-state index < -0.39 is 11.7 Å². The molecule has 1 N–H and O–H groups in total. The fourth-order valence-electron chi connectivity index (χ4n) is 3.71. The lowest BCUT2D eigenvalue weighted by Gasteiger charge is -2.33. The molecule has 27 heavy (non-hydrogen) atoms. The maximum absolute atomic E-state index is 12.4. The van der Waals surface area contributed by atoms with E-state index in [1.54, 1.807) is 6.20 Å². The monoisotopic (exact) mass is 364 g/mol. The summed E-state index contributed by atoms with van der Waals surface area (Å²) in [5.41, 5.74) is 3.63. The summed E-state index contributed by atoms with van der Waals surface area (Å²) >= 11 is 0. The highest BCUT2D eigenvalue weighted by molar-refractivity contribution is 5.90. The van der Waals surface area contributed by atoms with Gasteiger partial charge in [-0.25, -0.2) is 4.79 Å². The highest BCUT2D eigenvalue weighted by Gasteiger charge is 2.28. The molecule has 4 rings (SSSR count). The van der Waals surface area contributed by atoms with Crippen LogP contribution in [0.2, 0.25) is 0 Å². The highest BCUT2D eigenvalue weighted by atomic mass is 16.6. The molecule has 0 amide bonds. The third-order valence-electron chi connectivity index (χ3n) is 4.88. The van der Waals surface area contributed by atoms with E-state index in [0.717, 1.165) is 28.5 Å². The first kappa shape index (κ1) is 17.8. The van der Waals surface area contributed by atoms with Crippen molar-refractivity contribution in [1.29, 1.82) is 0 Å². The number of fused-ring (bicyclic) bond motifs is 2. The Hall–Kier alpha value is -2.63. The molecule has 5 heteroatoms. The average molecular weight is 364 g/mol. The Bertz CT molecular complexity index is 1000. The number of carbonyl (C=O) groups is 1. The smallest absolute Gasteiger partial charge is 0.418 e. The minimum Gasteiger partial charge on any atom is -0.443 e. The zero-order chi connectivity index (χ0) is 19.2. The van der Waals surface area contributed by atoms with Crippen LogP contribution in [0.4, 0.5) is 4.79 Å². The van der Waals surface area contributed by atoms with Crippen molar-refractivity contribution in [2.24, 2.45) is 0 Å². The van der Waals surface area contributed by atoms with Crippen molar-refractivity contribution in [2.75, 3.05) is 6.54 Å². The van der Waals surface area contributed by atoms with Crippen molar-refractivity contribution in [3.8, 4) is 0 Å². The Morgan fingerprint density at radius 1 is 1.15 bits per heavy atom. The van der Waals surface area contributed by atoms with Crippen molar-refractivity contribution in [3.05, 3.63) is 71.4 Å². The van der Waals surface area contributed by atoms with Gasteiger partial charge >= 0.3 is 6.09 Å². The minimum absolute atomic E-state index is 0.204. The topological polar surface area (TPSA) is 54.7 Å². The lowest BCUT2D eigenvalue weighted by molar-refractivity contribution is -0.121. The van der Waals surface area contributed by atoms with Gasteiger partial charge in [-0.05, 0) is 62.1 Å². The normalized spacial score (nSPS) is 17.7. The van der Waals surface area contributed by atoms with Gasteiger partial charge in [-0.1, -0.05) is 30.3 Å². The van der Waals surface area contributed by atoms with Crippen molar-refractivity contribution < 1.29 is 14.7 Å². The largest absolute Gasteiger partial charge is 0.443 e. The second-order valence-corrected chi connectivity index (χ2v) is 8.00. The van der Waals surface area contributed by atoms with Crippen LogP contribution < -0.4 is 0 Å². The molecule has 1 aliphatic heterocycles. The lowest BCUT2D eigenvalue weighted by atomic mass is 9.89. The Morgan fingerprint density at radius 2 is 1.93 bits per heavy atom. The quantitative estimate of drug-likeness (QED) is 0.676. The summed E-state index contributed by atoms with van der Waals surface area (Å²) < 4.78 is 7.00. The molecule has 2 heterocycles. The average Bonchev–Trinajstić information content (AvgIpc) is 3.03. The van der Waals surface area contributed by atoms with Gasteiger partial charge in [0.15, 0.2) is 0 Å². The molecule has 0 saturated carbocycles. The molecule has 0 radical (unpaired) electrons. The number of aromatic nitrogens is 1. The number of rotatable bonds is 1. The number of hydrogen-bond donors (Lipinski definition) is 1. The van der Waals surface area contributed by atoms with Gasteiger partial charge in [-0.3, -0.25) is 4.57 Å². The zero-order valence-electron chi connectivity index (χ0n) is 15.8. The maximum atomic E-state index is 12.4. The molecule has 0 fully saturated rings. The number of carbonyl (C=O) groups excluding carboxylic acids is 1. The molecule has 3 aromatic rings. The molecular formula is C22H24N2O3. The van der Waals surface area contributed by atoms with Gasteiger partial charge in [-0.2, -0.15) is 5.06 Å². The molecule has 0 unspecified atom stereocenters. The first-order valence-corrected chi connectivity index (χ1v) is 9.21. The molecule has 1 atom stereocenters. The van der Waals surface area contributed by atoms with Crippen molar-refractivity contribution in [2.45, 2.75) is 38.8 Å². The van der Waals surface area contributed by atoms with Crippen LogP contribution in [-0.2, 0) is 11.2 Å². The number of hydroxylamine groups is 2. The molecule has 140 valence electrons. The van der Waals surface area contributed by atoms with Crippen molar-refractivity contribution in [3.63, 3.8) is 0 Å². The SMILES string of the molecule is CC(C)(C)OC(=O)n1ccc2cc([C@H]3c4ccccc4CCN3O)ccc21. The standard InChI is InChI=1S/C22H24N2O3/c1-22(2,3)27-21(25)23-12-10-16-14-17(8-9-19(16)23)20-18-7-5-4-6-15(18)11-13-24(20)26/h4-10,12,14,20,26H,11,13H2,1-3H3/t20-/m0/s1. The van der Waals surface area contributed by atoms with Crippen LogP contribution in [0.15, 0.2) is 54.7 Å². The summed E-state index contributed by atoms with van der Waals surface area (Å²) in [5.74, 6) is 0. The van der Waals surface area contributed by atoms with Crippen LogP contribution in [0.3, 0.4) is 0 Å². The molecule has 2 aromatic carbocycles. The van der Waals surface area contributed by atoms with Crippen LogP contribution in [0, 0.1) is 0 Å². The van der Waals surface area contributed by atoms with E-state index >= 15 is 0 Å². The third kappa shape index (κ3) is 3.36. The molecular weight excluding hydrogens is 340 g/mol. The molecule has 1 aromatic heterocycles. The Morgan fingerprint density at radius 3 is 2.70 bits per heavy atom. The van der Waals surface area contributed by atoms with Crippen LogP contribution in [0.25, 0.3) is 10.9 Å². The first-order chi connectivity index (χ1) is 12.8. The number of ether oxygens (including phenoxy) is 1. The van der Waals surface area contributed by atoms with E-state index in [1.165, 1.54) is 15.2 Å². The maximum Gasteiger partial charge on any atom is 0.418 e. The molecule has 0 aliphatic carbocycles. The fourth-order valence-corrected chi connectivity index (χ4v) is 3.71. The van der Waals surface area contributed by atoms with E-state index in [0.29, 0.717) is 6.54 Å². The van der Waals surface area contributed by atoms with Gasteiger partial charge in [0.25, 0.3) is 0 Å². The van der Waals surface area contributed by atoms with Crippen LogP contribution in [-0.4, -0.2) is 33.1 Å². The molecule has 0 spiro atoms. The van der Waals surface area contributed by atoms with Crippen LogP contribution in [0.5, 0.6) is 0 Å². The molecule has 0 saturated heterocycles. The molecule has 5 nitrogen and oxygen atoms in total. The summed E-state index contributed by atoms with van der Waals surface area (Å²) in [6.45, 7) is 6.15. The summed E-state index contributed by atoms with van der Waals surface area (Å²) in [7, 11) is 0. The number of nitrogens with zero attached hydrogens (tertiary/aromatic N) is 2. The van der Waals surface area contributed by atoms with Gasteiger partial charge in [-0.15, -0.1) is 0 Å². The van der Waals surface area contributed by atoms with E-state index in [-0.39, 0.29) is 6.04 Å². The Labute approximate surface area is 158 Å². The Kier molecular flexibility index (Phi) is 4.29. The second kappa shape index (κ2) is 6.51. The third-order valence-corrected chi connectivity index (χ3v) is 4.88. The van der Waals surface area contributed by atoms with E-state index in [4.69, 9.17) is 4.74 Å². The van der Waals surface area contributed by atoms with E-state index in [2.05, 4.69) is 12.1 Å². The summed E-state index contributed by atoms with van der Waals surface area (Å²) in [6, 6.07) is 15.8. The van der Waals surface area contributed by atoms with Gasteiger partial charge in [0.2, 0.25) is 0 Å². The zero-order valence-corrected chi connectivity index (χ0v) is 15.8. The van der Waals surface area contributed by atoms with Crippen LogP contribution in [0.1, 0.15) is 43.5 Å². The number of benzene rings is 2. The summed E-state index contributed by atoms with van der Waals surface area (Å²) in [5, 5.41) is 12.9. The lowest BCUT2D eigenvalue weighted by Crippen LogP contribution is -2.33. The van der Waals surface area contributed by atoms with Crippen molar-refractivity contribution >= 4 is 17.0 Å². The second-order valence-electron chi connectivity index (χ2n) is 8.00. The van der Waals surface area contributed by atoms with Gasteiger partial charge in [0.1, 0.15) is 5.60 Å². The predicted molar refractivity (Wildman–Crippen MR) is 104 cm³/mol. The highest BCUT2D eigenvalue weighted by Crippen LogP contribution is 2.35. The molecule has 1 aliphatic rings. The van der Waals surface area contributed by atoms with Gasteiger partial charge < -0.3 is 9.94 Å². The van der Waals surface area contributed by atoms with E-state index in [1.807, 2.05) is 57.2 Å².